The van der Waals surface area contributed by atoms with E-state index in [1.54, 1.807) is 0 Å². The van der Waals surface area contributed by atoms with E-state index in [4.69, 9.17) is 12.2 Å². The molecule has 0 unspecified atom stereocenters. The van der Waals surface area contributed by atoms with Gasteiger partial charge in [-0.1, -0.05) is 0 Å². The van der Waals surface area contributed by atoms with Gasteiger partial charge in [0.25, 0.3) is 0 Å². The molecule has 0 aromatic rings. The molecule has 0 saturated carbocycles. The summed E-state index contributed by atoms with van der Waals surface area (Å²) in [6, 6.07) is 0. The Morgan fingerprint density at radius 2 is 1.82 bits per heavy atom. The van der Waals surface area contributed by atoms with Gasteiger partial charge < -0.3 is 0 Å². The molecule has 0 aromatic heterocycles. The summed E-state index contributed by atoms with van der Waals surface area (Å²) < 4.78 is 1.11. The van der Waals surface area contributed by atoms with Crippen molar-refractivity contribution in [3.63, 3.8) is 0 Å². The first-order valence-electron chi connectivity index (χ1n) is 3.91. The van der Waals surface area contributed by atoms with Gasteiger partial charge in [-0.3, -0.25) is 0 Å². The third-order valence-corrected chi connectivity index (χ3v) is 6.95. The normalized spacial score (nSPS) is 9.55. The molecule has 0 aromatic carbocycles. The summed E-state index contributed by atoms with van der Waals surface area (Å²) in [7, 11) is 1.84. The molecule has 62 valence electrons. The quantitative estimate of drug-likeness (QED) is 0.544. The van der Waals surface area contributed by atoms with Crippen molar-refractivity contribution >= 4 is 49.1 Å². The molecule has 0 rings (SSSR count). The zero-order valence-corrected chi connectivity index (χ0v) is 13.3. The van der Waals surface area contributed by atoms with Crippen LogP contribution < -0.4 is 0 Å². The van der Waals surface area contributed by atoms with Gasteiger partial charge in [0.15, 0.2) is 0 Å². The zero-order chi connectivity index (χ0) is 8.69. The molecule has 0 heterocycles. The van der Waals surface area contributed by atoms with Crippen LogP contribution in [0.2, 0.25) is 0 Å². The topological polar surface area (TPSA) is 3.24 Å². The molecule has 4 heteroatoms. The van der Waals surface area contributed by atoms with Gasteiger partial charge in [0.05, 0.1) is 0 Å². The van der Waals surface area contributed by atoms with E-state index in [-0.39, 0.29) is 0 Å². The molecule has 0 aliphatic heterocycles. The van der Waals surface area contributed by atoms with Crippen LogP contribution in [0, 0.1) is 0 Å². The average molecular weight is 381 g/mol. The van der Waals surface area contributed by atoms with Gasteiger partial charge in [-0.15, -0.1) is 0 Å². The van der Waals surface area contributed by atoms with E-state index in [0.29, 0.717) is 0 Å². The van der Waals surface area contributed by atoms with Crippen LogP contribution in [-0.2, 0) is 0 Å². The molecule has 11 heavy (non-hydrogen) atoms. The van der Waals surface area contributed by atoms with Gasteiger partial charge in [0, 0.05) is 0 Å². The monoisotopic (exact) mass is 381 g/mol. The molecule has 1 nitrogen and oxygen atoms in total. The van der Waals surface area contributed by atoms with E-state index in [0.717, 1.165) is 41.7 Å². The first-order chi connectivity index (χ1) is 5.26. The summed E-state index contributed by atoms with van der Waals surface area (Å²) >= 11 is 6.17. The molecule has 0 N–H and O–H groups in total. The Labute approximate surface area is 93.1 Å². The molecule has 0 fully saturated rings. The van der Waals surface area contributed by atoms with Gasteiger partial charge in [0.2, 0.25) is 0 Å². The van der Waals surface area contributed by atoms with E-state index < -0.39 is 0 Å². The summed E-state index contributed by atoms with van der Waals surface area (Å²) in [5.74, 6) is 0. The zero-order valence-electron chi connectivity index (χ0n) is 7.17. The fourth-order valence-electron chi connectivity index (χ4n) is 0.909. The molecule has 0 spiro atoms. The Morgan fingerprint density at radius 3 is 2.09 bits per heavy atom. The minimum absolute atomic E-state index is 0.934. The van der Waals surface area contributed by atoms with Crippen LogP contribution in [0.3, 0.4) is 0 Å². The van der Waals surface area contributed by atoms with Crippen LogP contribution in [-0.4, -0.2) is 46.6 Å². The average Bonchev–Trinajstić information content (AvgIpc) is 2.03. The van der Waals surface area contributed by atoms with Crippen molar-refractivity contribution in [2.45, 2.75) is 26.7 Å². The van der Waals surface area contributed by atoms with E-state index in [1.165, 1.54) is 12.8 Å². The van der Waals surface area contributed by atoms with Crippen molar-refractivity contribution < 1.29 is 0 Å². The molecule has 0 radical (unpaired) electrons. The fourth-order valence-corrected chi connectivity index (χ4v) is 3.16. The predicted molar refractivity (Wildman–Crippen MR) is 58.1 cm³/mol. The summed E-state index contributed by atoms with van der Waals surface area (Å²) in [5, 5.41) is 0. The first kappa shape index (κ1) is 12.2. The van der Waals surface area contributed by atoms with Crippen molar-refractivity contribution in [2.24, 2.45) is 0 Å². The van der Waals surface area contributed by atoms with Crippen LogP contribution in [0.1, 0.15) is 26.7 Å². The minimum atomic E-state index is 0.934. The van der Waals surface area contributed by atoms with Crippen LogP contribution in [0.4, 0.5) is 0 Å². The molecule has 0 atom stereocenters. The summed E-state index contributed by atoms with van der Waals surface area (Å²) in [4.78, 5) is 2.32. The summed E-state index contributed by atoms with van der Waals surface area (Å²) in [6.45, 7) is 6.66. The number of nitrogens with zero attached hydrogens (tertiary/aromatic N) is 1. The molecule has 0 bridgehead atoms. The van der Waals surface area contributed by atoms with Crippen molar-refractivity contribution in [3.8, 4) is 0 Å². The van der Waals surface area contributed by atoms with Gasteiger partial charge in [-0.2, -0.15) is 0 Å². The molecule has 0 aliphatic rings. The Balaban J connectivity index is 3.76. The number of hydrogen-bond donors (Lipinski definition) is 0. The second-order valence-corrected chi connectivity index (χ2v) is 6.39. The Morgan fingerprint density at radius 1 is 1.36 bits per heavy atom. The molecule has 0 saturated heterocycles. The standard InChI is InChI=1S/C7H15NS2.Tl/c1-3-5-8(6-4-2)7(9)10;/h3-6H2,1-2H3,(H,9,10);/q;+1/p-1. The number of hydrogen-bond acceptors (Lipinski definition) is 2. The molecular weight excluding hydrogens is 367 g/mol. The van der Waals surface area contributed by atoms with E-state index in [9.17, 15) is 0 Å². The van der Waals surface area contributed by atoms with Crippen molar-refractivity contribution in [2.75, 3.05) is 13.1 Å². The van der Waals surface area contributed by atoms with E-state index in [1.807, 2.05) is 8.31 Å². The van der Waals surface area contributed by atoms with Crippen LogP contribution in [0.25, 0.3) is 0 Å². The van der Waals surface area contributed by atoms with Crippen LogP contribution in [0.5, 0.6) is 0 Å². The van der Waals surface area contributed by atoms with Gasteiger partial charge in [-0.05, 0) is 0 Å². The first-order valence-corrected chi connectivity index (χ1v) is 10.7. The van der Waals surface area contributed by atoms with E-state index >= 15 is 0 Å². The van der Waals surface area contributed by atoms with Crippen LogP contribution in [0.15, 0.2) is 0 Å². The molecule has 0 aliphatic carbocycles. The second-order valence-electron chi connectivity index (χ2n) is 2.37. The molecule has 0 amide bonds. The Kier molecular flexibility index (Phi) is 8.62. The van der Waals surface area contributed by atoms with Crippen molar-refractivity contribution in [3.05, 3.63) is 0 Å². The number of rotatable bonds is 4. The van der Waals surface area contributed by atoms with Gasteiger partial charge in [-0.25, -0.2) is 0 Å². The number of thiocarbonyl (C=S) groups is 1. The summed E-state index contributed by atoms with van der Waals surface area (Å²) in [5.41, 5.74) is 0. The van der Waals surface area contributed by atoms with Crippen LogP contribution >= 0.6 is 20.5 Å². The third-order valence-electron chi connectivity index (χ3n) is 1.35. The Bertz CT molecular complexity index is 113. The van der Waals surface area contributed by atoms with Gasteiger partial charge >= 0.3 is 93.8 Å². The molecular formula is C7H14NS2Tl. The van der Waals surface area contributed by atoms with E-state index in [2.05, 4.69) is 18.7 Å². The SMILES string of the molecule is CCCN(CCC)C(=S)[S][Tl]. The predicted octanol–water partition coefficient (Wildman–Crippen LogP) is 2.21. The fraction of sp³-hybridized carbons (Fsp3) is 0.857. The second kappa shape index (κ2) is 7.79. The van der Waals surface area contributed by atoms with Crippen molar-refractivity contribution in [1.29, 1.82) is 0 Å². The van der Waals surface area contributed by atoms with Gasteiger partial charge in [0.1, 0.15) is 0 Å². The van der Waals surface area contributed by atoms with Crippen molar-refractivity contribution in [1.82, 2.24) is 4.90 Å². The Hall–Kier alpha value is 1.16. The maximum absolute atomic E-state index is 5.24. The summed E-state index contributed by atoms with van der Waals surface area (Å²) in [6.07, 6.45) is 2.40. The third kappa shape index (κ3) is 5.41. The maximum atomic E-state index is 5.24.